The summed E-state index contributed by atoms with van der Waals surface area (Å²) in [6.07, 6.45) is 2.63. The fraction of sp³-hybridized carbons (Fsp3) is 0.500. The first-order valence-corrected chi connectivity index (χ1v) is 7.08. The van der Waals surface area contributed by atoms with Gasteiger partial charge in [0.05, 0.1) is 10.2 Å². The maximum atomic E-state index is 12.4. The molecule has 0 spiro atoms. The molecule has 1 aliphatic carbocycles. The molecule has 3 nitrogen and oxygen atoms in total. The summed E-state index contributed by atoms with van der Waals surface area (Å²) in [6, 6.07) is 3.40. The Kier molecular flexibility index (Phi) is 4.86. The van der Waals surface area contributed by atoms with E-state index in [1.54, 1.807) is 6.07 Å². The number of anilines is 1. The Morgan fingerprint density at radius 2 is 2.16 bits per heavy atom. The first-order chi connectivity index (χ1) is 8.95. The topological polar surface area (TPSA) is 47.3 Å². The number of nitrogens with one attached hydrogen (secondary N) is 1. The van der Waals surface area contributed by atoms with Crippen molar-refractivity contribution in [2.24, 2.45) is 5.73 Å². The number of nitrogens with two attached hydrogens (primary N) is 1. The lowest BCUT2D eigenvalue weighted by molar-refractivity contribution is -0.0498. The van der Waals surface area contributed by atoms with Gasteiger partial charge in [0.25, 0.3) is 0 Å². The van der Waals surface area contributed by atoms with Crippen molar-refractivity contribution in [3.05, 3.63) is 21.6 Å². The fourth-order valence-electron chi connectivity index (χ4n) is 2.24. The molecule has 3 N–H and O–H groups in total. The first kappa shape index (κ1) is 14.8. The zero-order valence-electron chi connectivity index (χ0n) is 10.0. The quantitative estimate of drug-likeness (QED) is 0.858. The summed E-state index contributed by atoms with van der Waals surface area (Å²) in [7, 11) is 0. The predicted molar refractivity (Wildman–Crippen MR) is 75.0 cm³/mol. The van der Waals surface area contributed by atoms with Crippen LogP contribution in [0.1, 0.15) is 19.3 Å². The standard InChI is InChI=1S/C12H14BrClF2N2O/c13-9-3-6(14)4-10(11(9)19-12(15)16)18-8-2-1-7(17)5-8/h3-4,7-8,12,18H,1-2,5,17H2. The Balaban J connectivity index is 2.21. The SMILES string of the molecule is NC1CCC(Nc2cc(Cl)cc(Br)c2OC(F)F)C1. The smallest absolute Gasteiger partial charge is 0.387 e. The van der Waals surface area contributed by atoms with E-state index in [9.17, 15) is 8.78 Å². The molecule has 2 atom stereocenters. The molecule has 1 fully saturated rings. The molecule has 0 aromatic heterocycles. The highest BCUT2D eigenvalue weighted by molar-refractivity contribution is 9.10. The molecule has 19 heavy (non-hydrogen) atoms. The Morgan fingerprint density at radius 3 is 2.74 bits per heavy atom. The number of hydrogen-bond donors (Lipinski definition) is 2. The summed E-state index contributed by atoms with van der Waals surface area (Å²) in [5, 5.41) is 3.62. The number of alkyl halides is 2. The second-order valence-corrected chi connectivity index (χ2v) is 5.85. The monoisotopic (exact) mass is 354 g/mol. The van der Waals surface area contributed by atoms with Gasteiger partial charge in [-0.15, -0.1) is 0 Å². The minimum Gasteiger partial charge on any atom is -0.431 e. The summed E-state index contributed by atoms with van der Waals surface area (Å²) >= 11 is 9.12. The molecule has 1 aromatic rings. The lowest BCUT2D eigenvalue weighted by atomic mass is 10.2. The van der Waals surface area contributed by atoms with Crippen molar-refractivity contribution in [3.8, 4) is 5.75 Å². The largest absolute Gasteiger partial charge is 0.431 e. The van der Waals surface area contributed by atoms with E-state index in [2.05, 4.69) is 26.0 Å². The van der Waals surface area contributed by atoms with Crippen LogP contribution < -0.4 is 15.8 Å². The van der Waals surface area contributed by atoms with Crippen LogP contribution in [0.15, 0.2) is 16.6 Å². The van der Waals surface area contributed by atoms with Gasteiger partial charge < -0.3 is 15.8 Å². The van der Waals surface area contributed by atoms with E-state index in [0.29, 0.717) is 15.2 Å². The summed E-state index contributed by atoms with van der Waals surface area (Å²) < 4.78 is 29.8. The molecule has 0 aliphatic heterocycles. The van der Waals surface area contributed by atoms with E-state index in [1.807, 2.05) is 0 Å². The molecule has 2 unspecified atom stereocenters. The van der Waals surface area contributed by atoms with Crippen LogP contribution in [-0.2, 0) is 0 Å². The number of benzene rings is 1. The highest BCUT2D eigenvalue weighted by Gasteiger charge is 2.24. The molecule has 0 heterocycles. The van der Waals surface area contributed by atoms with Gasteiger partial charge in [0.2, 0.25) is 0 Å². The van der Waals surface area contributed by atoms with Gasteiger partial charge >= 0.3 is 6.61 Å². The van der Waals surface area contributed by atoms with Gasteiger partial charge in [0.15, 0.2) is 5.75 Å². The third-order valence-electron chi connectivity index (χ3n) is 3.05. The zero-order valence-corrected chi connectivity index (χ0v) is 12.3. The van der Waals surface area contributed by atoms with E-state index in [4.69, 9.17) is 17.3 Å². The molecule has 2 rings (SSSR count). The summed E-state index contributed by atoms with van der Waals surface area (Å²) in [6.45, 7) is -2.89. The maximum Gasteiger partial charge on any atom is 0.387 e. The van der Waals surface area contributed by atoms with Gasteiger partial charge in [-0.1, -0.05) is 11.6 Å². The van der Waals surface area contributed by atoms with Crippen LogP contribution in [-0.4, -0.2) is 18.7 Å². The Bertz CT molecular complexity index is 462. The molecule has 0 bridgehead atoms. The lowest BCUT2D eigenvalue weighted by Crippen LogP contribution is -2.21. The fourth-order valence-corrected chi connectivity index (χ4v) is 3.15. The number of ether oxygens (including phenoxy) is 1. The maximum absolute atomic E-state index is 12.4. The first-order valence-electron chi connectivity index (χ1n) is 5.91. The van der Waals surface area contributed by atoms with Crippen LogP contribution in [0.25, 0.3) is 0 Å². The summed E-state index contributed by atoms with van der Waals surface area (Å²) in [4.78, 5) is 0. The molecular weight excluding hydrogens is 341 g/mol. The predicted octanol–water partition coefficient (Wildman–Crippen LogP) is 4.00. The molecule has 0 radical (unpaired) electrons. The van der Waals surface area contributed by atoms with Crippen LogP contribution >= 0.6 is 27.5 Å². The van der Waals surface area contributed by atoms with Crippen molar-refractivity contribution in [2.75, 3.05) is 5.32 Å². The number of rotatable bonds is 4. The van der Waals surface area contributed by atoms with Gasteiger partial charge in [-0.3, -0.25) is 0 Å². The second kappa shape index (κ2) is 6.24. The van der Waals surface area contributed by atoms with Crippen LogP contribution in [0.4, 0.5) is 14.5 Å². The second-order valence-electron chi connectivity index (χ2n) is 4.56. The number of hydrogen-bond acceptors (Lipinski definition) is 3. The van der Waals surface area contributed by atoms with Crippen LogP contribution in [0.5, 0.6) is 5.75 Å². The molecule has 106 valence electrons. The van der Waals surface area contributed by atoms with Gasteiger partial charge in [-0.25, -0.2) is 0 Å². The molecule has 7 heteroatoms. The zero-order chi connectivity index (χ0) is 14.0. The Morgan fingerprint density at radius 1 is 1.42 bits per heavy atom. The minimum atomic E-state index is -2.89. The summed E-state index contributed by atoms with van der Waals surface area (Å²) in [5.74, 6) is 0.0693. The van der Waals surface area contributed by atoms with Gasteiger partial charge in [0, 0.05) is 17.1 Å². The van der Waals surface area contributed by atoms with E-state index >= 15 is 0 Å². The van der Waals surface area contributed by atoms with Crippen molar-refractivity contribution in [1.82, 2.24) is 0 Å². The lowest BCUT2D eigenvalue weighted by Gasteiger charge is -2.19. The van der Waals surface area contributed by atoms with Gasteiger partial charge in [-0.05, 0) is 47.3 Å². The third-order valence-corrected chi connectivity index (χ3v) is 3.86. The van der Waals surface area contributed by atoms with Gasteiger partial charge in [-0.2, -0.15) is 8.78 Å². The average molecular weight is 356 g/mol. The Hall–Kier alpha value is -0.590. The normalized spacial score (nSPS) is 22.8. The van der Waals surface area contributed by atoms with E-state index in [1.165, 1.54) is 6.07 Å². The van der Waals surface area contributed by atoms with Crippen LogP contribution in [0, 0.1) is 0 Å². The third kappa shape index (κ3) is 3.94. The summed E-state index contributed by atoms with van der Waals surface area (Å²) in [5.41, 5.74) is 6.29. The molecule has 1 saturated carbocycles. The number of halogens is 4. The molecule has 1 aliphatic rings. The van der Waals surface area contributed by atoms with E-state index in [0.717, 1.165) is 19.3 Å². The van der Waals surface area contributed by atoms with Crippen LogP contribution in [0.2, 0.25) is 5.02 Å². The molecular formula is C12H14BrClF2N2O. The molecule has 0 saturated heterocycles. The van der Waals surface area contributed by atoms with E-state index < -0.39 is 6.61 Å². The van der Waals surface area contributed by atoms with Gasteiger partial charge in [0.1, 0.15) is 0 Å². The highest BCUT2D eigenvalue weighted by atomic mass is 79.9. The van der Waals surface area contributed by atoms with Crippen molar-refractivity contribution in [1.29, 1.82) is 0 Å². The van der Waals surface area contributed by atoms with Crippen LogP contribution in [0.3, 0.4) is 0 Å². The van der Waals surface area contributed by atoms with E-state index in [-0.39, 0.29) is 17.8 Å². The Labute approximate surface area is 123 Å². The minimum absolute atomic E-state index is 0.0693. The highest BCUT2D eigenvalue weighted by Crippen LogP contribution is 2.38. The van der Waals surface area contributed by atoms with Crippen molar-refractivity contribution >= 4 is 33.2 Å². The molecule has 0 amide bonds. The molecule has 1 aromatic carbocycles. The van der Waals surface area contributed by atoms with Crippen molar-refractivity contribution < 1.29 is 13.5 Å². The average Bonchev–Trinajstić information content (AvgIpc) is 2.69. The van der Waals surface area contributed by atoms with Crippen molar-refractivity contribution in [3.63, 3.8) is 0 Å². The van der Waals surface area contributed by atoms with Crippen molar-refractivity contribution in [2.45, 2.75) is 38.0 Å².